The van der Waals surface area contributed by atoms with Gasteiger partial charge in [0.1, 0.15) is 22.7 Å². The second-order valence-corrected chi connectivity index (χ2v) is 24.0. The number of nitro groups is 1. The Labute approximate surface area is 498 Å². The number of benzene rings is 8. The zero-order chi connectivity index (χ0) is 57.7. The lowest BCUT2D eigenvalue weighted by molar-refractivity contribution is -0.384. The van der Waals surface area contributed by atoms with Gasteiger partial charge in [-0.15, -0.1) is 11.3 Å². The van der Waals surface area contributed by atoms with Crippen LogP contribution in [0.3, 0.4) is 0 Å². The van der Waals surface area contributed by atoms with Gasteiger partial charge in [-0.1, -0.05) is 194 Å². The van der Waals surface area contributed by atoms with Crippen molar-refractivity contribution in [3.63, 3.8) is 0 Å². The number of hydrogen-bond donors (Lipinski definition) is 0. The molecule has 11 aromatic rings. The Morgan fingerprint density at radius 1 is 0.619 bits per heavy atom. The number of non-ortho nitro benzene ring substituents is 1. The number of unbranched alkanes of at least 4 members (excludes halogenated alkanes) is 9. The Bertz CT molecular complexity index is 4320. The van der Waals surface area contributed by atoms with Crippen LogP contribution in [0.1, 0.15) is 124 Å². The van der Waals surface area contributed by atoms with E-state index in [4.69, 9.17) is 13.2 Å². The minimum absolute atomic E-state index is 0.118. The van der Waals surface area contributed by atoms with E-state index in [1.54, 1.807) is 17.4 Å². The Balaban J connectivity index is 0.882. The van der Waals surface area contributed by atoms with Crippen LogP contribution in [0.15, 0.2) is 197 Å². The molecule has 1 aliphatic rings. The molecule has 84 heavy (non-hydrogen) atoms. The van der Waals surface area contributed by atoms with Crippen molar-refractivity contribution < 1.29 is 9.34 Å². The standard InChI is InChI=1S/C73H63N5O4S2/c1-4-5-6-7-8-9-10-11-12-15-26-52-44-68(83-71(52)58-37-36-57(78(80)81)42-53(58)47-74)62-40-39-61(69-70(62)76-84-75-69)64-43-51-31-34-56(46-67(51)82-72(64)79)77(55-35-38-60-59-27-20-21-28-65(59)73(2,3)66(60)45-55)54-32-29-48(30-33-54)41-63(49-22-16-13-17-23-49)50-24-18-14-19-25-50/h13-14,16-25,27-46H,4-12,15,26H2,1-3H3. The molecule has 8 aromatic carbocycles. The number of aromatic nitrogens is 2. The molecule has 416 valence electrons. The maximum atomic E-state index is 14.5. The predicted molar refractivity (Wildman–Crippen MR) is 347 cm³/mol. The van der Waals surface area contributed by atoms with Gasteiger partial charge in [-0.2, -0.15) is 14.0 Å². The summed E-state index contributed by atoms with van der Waals surface area (Å²) in [6, 6.07) is 65.8. The summed E-state index contributed by atoms with van der Waals surface area (Å²) in [6.45, 7) is 6.83. The quantitative estimate of drug-likeness (QED) is 0.0229. The number of rotatable bonds is 21. The van der Waals surface area contributed by atoms with Crippen molar-refractivity contribution in [1.29, 1.82) is 5.26 Å². The molecule has 0 N–H and O–H groups in total. The number of aryl methyl sites for hydroxylation is 1. The van der Waals surface area contributed by atoms with Crippen molar-refractivity contribution in [2.45, 2.75) is 96.8 Å². The number of anilines is 3. The monoisotopic (exact) mass is 1140 g/mol. The molecule has 0 aliphatic heterocycles. The third-order valence-corrected chi connectivity index (χ3v) is 18.4. The van der Waals surface area contributed by atoms with Gasteiger partial charge in [-0.25, -0.2) is 4.79 Å². The molecule has 0 radical (unpaired) electrons. The smallest absolute Gasteiger partial charge is 0.344 e. The maximum absolute atomic E-state index is 14.5. The van der Waals surface area contributed by atoms with E-state index in [1.807, 2.05) is 42.5 Å². The van der Waals surface area contributed by atoms with E-state index < -0.39 is 10.5 Å². The van der Waals surface area contributed by atoms with E-state index >= 15 is 0 Å². The summed E-state index contributed by atoms with van der Waals surface area (Å²) in [7, 11) is 0. The van der Waals surface area contributed by atoms with Gasteiger partial charge in [-0.3, -0.25) is 10.1 Å². The summed E-state index contributed by atoms with van der Waals surface area (Å²) in [5, 5.41) is 22.8. The molecule has 0 amide bonds. The van der Waals surface area contributed by atoms with E-state index in [0.29, 0.717) is 33.3 Å². The Morgan fingerprint density at radius 3 is 1.92 bits per heavy atom. The molecular weight excluding hydrogens is 1070 g/mol. The molecular formula is C73H63N5O4S2. The predicted octanol–water partition coefficient (Wildman–Crippen LogP) is 20.5. The van der Waals surface area contributed by atoms with E-state index in [0.717, 1.165) is 96.6 Å². The number of hydrogen-bond acceptors (Lipinski definition) is 10. The summed E-state index contributed by atoms with van der Waals surface area (Å²) in [6.07, 6.45) is 15.2. The fourth-order valence-corrected chi connectivity index (χ4v) is 14.0. The third kappa shape index (κ3) is 11.2. The molecule has 12 rings (SSSR count). The molecule has 3 aromatic heterocycles. The number of nitrogens with zero attached hydrogens (tertiary/aromatic N) is 5. The molecule has 9 nitrogen and oxygen atoms in total. The first-order valence-electron chi connectivity index (χ1n) is 29.2. The van der Waals surface area contributed by atoms with Crippen LogP contribution >= 0.6 is 23.1 Å². The van der Waals surface area contributed by atoms with Crippen LogP contribution < -0.4 is 10.5 Å². The third-order valence-electron chi connectivity index (χ3n) is 16.6. The fraction of sp³-hybridized carbons (Fsp3) is 0.205. The first kappa shape index (κ1) is 55.5. The average molecular weight is 1140 g/mol. The maximum Gasteiger partial charge on any atom is 0.344 e. The van der Waals surface area contributed by atoms with Crippen LogP contribution in [-0.4, -0.2) is 13.7 Å². The van der Waals surface area contributed by atoms with Crippen molar-refractivity contribution in [2.75, 3.05) is 4.90 Å². The first-order chi connectivity index (χ1) is 41.1. The van der Waals surface area contributed by atoms with Crippen LogP contribution in [0.4, 0.5) is 22.7 Å². The zero-order valence-corrected chi connectivity index (χ0v) is 49.1. The molecule has 0 saturated carbocycles. The highest BCUT2D eigenvalue weighted by Gasteiger charge is 2.36. The first-order valence-corrected chi connectivity index (χ1v) is 30.8. The van der Waals surface area contributed by atoms with Crippen LogP contribution in [-0.2, 0) is 11.8 Å². The van der Waals surface area contributed by atoms with E-state index in [-0.39, 0.29) is 16.7 Å². The second-order valence-electron chi connectivity index (χ2n) is 22.4. The van der Waals surface area contributed by atoms with Gasteiger partial charge in [0.05, 0.1) is 27.8 Å². The molecule has 1 aliphatic carbocycles. The number of thiophene rings is 1. The summed E-state index contributed by atoms with van der Waals surface area (Å²) in [4.78, 5) is 29.9. The molecule has 11 heteroatoms. The Morgan fingerprint density at radius 2 is 1.21 bits per heavy atom. The highest BCUT2D eigenvalue weighted by molar-refractivity contribution is 7.19. The normalized spacial score (nSPS) is 12.3. The molecule has 3 heterocycles. The Kier molecular flexibility index (Phi) is 16.1. The van der Waals surface area contributed by atoms with Gasteiger partial charge in [0, 0.05) is 72.5 Å². The summed E-state index contributed by atoms with van der Waals surface area (Å²) < 4.78 is 16.0. The summed E-state index contributed by atoms with van der Waals surface area (Å²) in [5.41, 5.74) is 17.0. The highest BCUT2D eigenvalue weighted by atomic mass is 32.1. The van der Waals surface area contributed by atoms with Crippen molar-refractivity contribution >= 4 is 79.5 Å². The van der Waals surface area contributed by atoms with Crippen LogP contribution in [0.2, 0.25) is 0 Å². The zero-order valence-electron chi connectivity index (χ0n) is 47.4. The molecule has 0 fully saturated rings. The average Bonchev–Trinajstić information content (AvgIpc) is 2.41. The van der Waals surface area contributed by atoms with Crippen LogP contribution in [0.5, 0.6) is 0 Å². The van der Waals surface area contributed by atoms with Crippen molar-refractivity contribution in [2.24, 2.45) is 0 Å². The molecule has 0 saturated heterocycles. The van der Waals surface area contributed by atoms with E-state index in [1.165, 1.54) is 85.8 Å². The number of nitro benzene ring substituents is 1. The summed E-state index contributed by atoms with van der Waals surface area (Å²) in [5.74, 6) is 0. The van der Waals surface area contributed by atoms with Gasteiger partial charge in [0.25, 0.3) is 5.69 Å². The molecule has 0 unspecified atom stereocenters. The van der Waals surface area contributed by atoms with E-state index in [2.05, 4.69) is 165 Å². The van der Waals surface area contributed by atoms with Gasteiger partial charge >= 0.3 is 5.63 Å². The largest absolute Gasteiger partial charge is 0.422 e. The van der Waals surface area contributed by atoms with Gasteiger partial charge in [0.2, 0.25) is 0 Å². The van der Waals surface area contributed by atoms with Crippen molar-refractivity contribution in [3.8, 4) is 49.2 Å². The SMILES string of the molecule is CCCCCCCCCCCCc1cc(-c2ccc(-c3cc4ccc(N(c5ccc(C=C(c6ccccc6)c6ccccc6)cc5)c5ccc6c(c5)C(C)(C)c5ccccc5-6)cc4oc3=O)c3nsnc23)sc1-c1ccc([N+](=O)[O-])cc1C#N. The minimum atomic E-state index is -0.492. The Hall–Kier alpha value is -9.08. The van der Waals surface area contributed by atoms with Gasteiger partial charge < -0.3 is 9.32 Å². The molecule has 0 spiro atoms. The molecule has 0 atom stereocenters. The lowest BCUT2D eigenvalue weighted by Crippen LogP contribution is -2.16. The van der Waals surface area contributed by atoms with Crippen LogP contribution in [0.25, 0.3) is 76.8 Å². The van der Waals surface area contributed by atoms with Crippen molar-refractivity contribution in [3.05, 3.63) is 248 Å². The van der Waals surface area contributed by atoms with Crippen molar-refractivity contribution in [1.82, 2.24) is 8.75 Å². The fourth-order valence-electron chi connectivity index (χ4n) is 12.2. The highest BCUT2D eigenvalue weighted by Crippen LogP contribution is 2.51. The number of nitriles is 1. The summed E-state index contributed by atoms with van der Waals surface area (Å²) >= 11 is 2.64. The van der Waals surface area contributed by atoms with E-state index in [9.17, 15) is 20.2 Å². The van der Waals surface area contributed by atoms with Gasteiger partial charge in [-0.05, 0) is 124 Å². The number of fused-ring (bicyclic) bond motifs is 5. The lowest BCUT2D eigenvalue weighted by atomic mass is 9.82. The minimum Gasteiger partial charge on any atom is -0.422 e. The molecule has 0 bridgehead atoms. The lowest BCUT2D eigenvalue weighted by Gasteiger charge is -2.28. The van der Waals surface area contributed by atoms with Crippen LogP contribution in [0, 0.1) is 21.4 Å². The van der Waals surface area contributed by atoms with Gasteiger partial charge in [0.15, 0.2) is 0 Å². The topological polar surface area (TPSA) is 126 Å². The second kappa shape index (κ2) is 24.4.